The predicted molar refractivity (Wildman–Crippen MR) is 44.4 cm³/mol. The van der Waals surface area contributed by atoms with Gasteiger partial charge < -0.3 is 10.2 Å². The predicted octanol–water partition coefficient (Wildman–Crippen LogP) is -0.401. The Bertz CT molecular complexity index is 213. The van der Waals surface area contributed by atoms with E-state index in [1.807, 2.05) is 6.92 Å². The monoisotopic (exact) mass is 170 g/mol. The van der Waals surface area contributed by atoms with Crippen molar-refractivity contribution in [3.05, 3.63) is 0 Å². The van der Waals surface area contributed by atoms with Crippen molar-refractivity contribution in [1.29, 1.82) is 0 Å². The highest BCUT2D eigenvalue weighted by molar-refractivity contribution is 5.91. The smallest absolute Gasteiger partial charge is 0.244 e. The van der Waals surface area contributed by atoms with E-state index < -0.39 is 0 Å². The molecule has 0 aliphatic carbocycles. The number of nitrogens with one attached hydrogen (secondary N) is 1. The first-order valence-corrected chi connectivity index (χ1v) is 4.03. The Hall–Kier alpha value is -1.06. The molecule has 0 saturated carbocycles. The maximum Gasteiger partial charge on any atom is 0.244 e. The van der Waals surface area contributed by atoms with Crippen LogP contribution in [0.2, 0.25) is 0 Å². The van der Waals surface area contributed by atoms with E-state index >= 15 is 0 Å². The van der Waals surface area contributed by atoms with Gasteiger partial charge in [0.25, 0.3) is 0 Å². The first kappa shape index (κ1) is 9.03. The quantitative estimate of drug-likeness (QED) is 0.582. The van der Waals surface area contributed by atoms with Gasteiger partial charge in [0.1, 0.15) is 6.04 Å². The van der Waals surface area contributed by atoms with E-state index in [-0.39, 0.29) is 23.8 Å². The van der Waals surface area contributed by atoms with Gasteiger partial charge >= 0.3 is 0 Å². The summed E-state index contributed by atoms with van der Waals surface area (Å²) < 4.78 is 0. The molecule has 0 aromatic heterocycles. The molecular weight excluding hydrogens is 156 g/mol. The van der Waals surface area contributed by atoms with Crippen LogP contribution in [0.25, 0.3) is 0 Å². The molecule has 1 saturated heterocycles. The molecule has 1 aliphatic heterocycles. The zero-order chi connectivity index (χ0) is 9.30. The van der Waals surface area contributed by atoms with E-state index in [2.05, 4.69) is 5.32 Å². The first-order chi connectivity index (χ1) is 5.52. The van der Waals surface area contributed by atoms with E-state index in [4.69, 9.17) is 0 Å². The topological polar surface area (TPSA) is 49.4 Å². The number of hydrogen-bond acceptors (Lipinski definition) is 2. The minimum absolute atomic E-state index is 0.0200. The van der Waals surface area contributed by atoms with Gasteiger partial charge in [-0.3, -0.25) is 9.59 Å². The van der Waals surface area contributed by atoms with Crippen LogP contribution in [0.1, 0.15) is 13.3 Å². The van der Waals surface area contributed by atoms with Gasteiger partial charge in [-0.15, -0.1) is 0 Å². The molecule has 4 heteroatoms. The summed E-state index contributed by atoms with van der Waals surface area (Å²) >= 11 is 0. The van der Waals surface area contributed by atoms with Crippen LogP contribution < -0.4 is 5.32 Å². The fraction of sp³-hybridized carbons (Fsp3) is 0.750. The molecule has 1 heterocycles. The Morgan fingerprint density at radius 3 is 2.50 bits per heavy atom. The number of carbonyl (C=O) groups excluding carboxylic acids is 2. The Kier molecular flexibility index (Phi) is 2.35. The summed E-state index contributed by atoms with van der Waals surface area (Å²) in [5, 5.41) is 2.65. The molecule has 68 valence electrons. The highest BCUT2D eigenvalue weighted by Crippen LogP contribution is 2.16. The molecule has 0 aromatic carbocycles. The van der Waals surface area contributed by atoms with Crippen molar-refractivity contribution < 1.29 is 9.59 Å². The van der Waals surface area contributed by atoms with E-state index in [0.717, 1.165) is 0 Å². The first-order valence-electron chi connectivity index (χ1n) is 4.03. The van der Waals surface area contributed by atoms with Crippen LogP contribution in [0.15, 0.2) is 0 Å². The lowest BCUT2D eigenvalue weighted by atomic mass is 10.0. The lowest BCUT2D eigenvalue weighted by Crippen LogP contribution is -2.43. The van der Waals surface area contributed by atoms with Crippen LogP contribution >= 0.6 is 0 Å². The number of hydrogen-bond donors (Lipinski definition) is 1. The maximum atomic E-state index is 11.4. The average Bonchev–Trinajstić information content (AvgIpc) is 2.28. The highest BCUT2D eigenvalue weighted by Gasteiger charge is 2.34. The molecule has 0 spiro atoms. The Labute approximate surface area is 71.9 Å². The molecule has 0 aromatic rings. The summed E-state index contributed by atoms with van der Waals surface area (Å²) in [6.07, 6.45) is 0.463. The van der Waals surface area contributed by atoms with Gasteiger partial charge in [0, 0.05) is 20.5 Å². The van der Waals surface area contributed by atoms with Gasteiger partial charge in [-0.25, -0.2) is 0 Å². The number of amides is 2. The molecule has 1 N–H and O–H groups in total. The lowest BCUT2D eigenvalue weighted by Gasteiger charge is -2.18. The van der Waals surface area contributed by atoms with Crippen molar-refractivity contribution in [2.24, 2.45) is 5.92 Å². The van der Waals surface area contributed by atoms with Crippen molar-refractivity contribution in [3.8, 4) is 0 Å². The Balaban J connectivity index is 2.64. The summed E-state index contributed by atoms with van der Waals surface area (Å²) in [4.78, 5) is 23.8. The summed E-state index contributed by atoms with van der Waals surface area (Å²) in [6, 6.07) is -0.313. The van der Waals surface area contributed by atoms with Gasteiger partial charge in [0.15, 0.2) is 0 Å². The second-order valence-corrected chi connectivity index (χ2v) is 3.46. The molecule has 1 aliphatic rings. The molecular formula is C8H14N2O2. The second kappa shape index (κ2) is 3.13. The van der Waals surface area contributed by atoms with Gasteiger partial charge in [-0.05, 0) is 5.92 Å². The molecule has 2 amide bonds. The highest BCUT2D eigenvalue weighted by atomic mass is 16.2. The van der Waals surface area contributed by atoms with E-state index in [1.165, 1.54) is 4.90 Å². The number of carbonyl (C=O) groups is 2. The normalized spacial score (nSPS) is 28.4. The Morgan fingerprint density at radius 1 is 1.58 bits per heavy atom. The van der Waals surface area contributed by atoms with Crippen molar-refractivity contribution in [2.45, 2.75) is 19.4 Å². The molecule has 0 radical (unpaired) electrons. The van der Waals surface area contributed by atoms with Crippen molar-refractivity contribution >= 4 is 11.8 Å². The summed E-state index contributed by atoms with van der Waals surface area (Å²) in [6.45, 7) is 1.91. The number of rotatable bonds is 1. The SMILES string of the molecule is CC1CC(=O)NC1C(=O)N(C)C. The number of nitrogens with zero attached hydrogens (tertiary/aromatic N) is 1. The average molecular weight is 170 g/mol. The van der Waals surface area contributed by atoms with Gasteiger partial charge in [0.2, 0.25) is 11.8 Å². The summed E-state index contributed by atoms with van der Waals surface area (Å²) in [7, 11) is 3.39. The molecule has 2 unspecified atom stereocenters. The largest absolute Gasteiger partial charge is 0.347 e. The molecule has 12 heavy (non-hydrogen) atoms. The third-order valence-electron chi connectivity index (χ3n) is 2.10. The zero-order valence-corrected chi connectivity index (χ0v) is 7.63. The van der Waals surface area contributed by atoms with E-state index in [0.29, 0.717) is 6.42 Å². The lowest BCUT2D eigenvalue weighted by molar-refractivity contribution is -0.132. The second-order valence-electron chi connectivity index (χ2n) is 3.46. The van der Waals surface area contributed by atoms with Crippen LogP contribution in [0.5, 0.6) is 0 Å². The van der Waals surface area contributed by atoms with Gasteiger partial charge in [-0.2, -0.15) is 0 Å². The fourth-order valence-corrected chi connectivity index (χ4v) is 1.37. The Morgan fingerprint density at radius 2 is 2.17 bits per heavy atom. The zero-order valence-electron chi connectivity index (χ0n) is 7.63. The van der Waals surface area contributed by atoms with Crippen molar-refractivity contribution in [3.63, 3.8) is 0 Å². The molecule has 1 fully saturated rings. The standard InChI is InChI=1S/C8H14N2O2/c1-5-4-6(11)9-7(5)8(12)10(2)3/h5,7H,4H2,1-3H3,(H,9,11). The summed E-state index contributed by atoms with van der Waals surface area (Å²) in [5.74, 6) is 0.0726. The maximum absolute atomic E-state index is 11.4. The van der Waals surface area contributed by atoms with Crippen LogP contribution in [-0.2, 0) is 9.59 Å². The fourth-order valence-electron chi connectivity index (χ4n) is 1.37. The summed E-state index contributed by atoms with van der Waals surface area (Å²) in [5.41, 5.74) is 0. The van der Waals surface area contributed by atoms with Crippen LogP contribution in [-0.4, -0.2) is 36.9 Å². The van der Waals surface area contributed by atoms with Crippen molar-refractivity contribution in [1.82, 2.24) is 10.2 Å². The van der Waals surface area contributed by atoms with Crippen LogP contribution in [0, 0.1) is 5.92 Å². The molecule has 1 rings (SSSR count). The molecule has 2 atom stereocenters. The minimum Gasteiger partial charge on any atom is -0.347 e. The van der Waals surface area contributed by atoms with Gasteiger partial charge in [0.05, 0.1) is 0 Å². The molecule has 4 nitrogen and oxygen atoms in total. The van der Waals surface area contributed by atoms with Crippen LogP contribution in [0.3, 0.4) is 0 Å². The van der Waals surface area contributed by atoms with E-state index in [1.54, 1.807) is 14.1 Å². The molecule has 0 bridgehead atoms. The third-order valence-corrected chi connectivity index (χ3v) is 2.10. The van der Waals surface area contributed by atoms with E-state index in [9.17, 15) is 9.59 Å². The minimum atomic E-state index is -0.313. The van der Waals surface area contributed by atoms with Crippen molar-refractivity contribution in [2.75, 3.05) is 14.1 Å². The van der Waals surface area contributed by atoms with Crippen LogP contribution in [0.4, 0.5) is 0 Å². The number of likely N-dealkylation sites (N-methyl/N-ethyl adjacent to an activating group) is 1. The third kappa shape index (κ3) is 1.57. The van der Waals surface area contributed by atoms with Gasteiger partial charge in [-0.1, -0.05) is 6.92 Å².